The Bertz CT molecular complexity index is 492. The number of piperidine rings is 1. The maximum Gasteiger partial charge on any atom is 0.224 e. The molecule has 2 atom stereocenters. The van der Waals surface area contributed by atoms with E-state index in [0.29, 0.717) is 12.1 Å². The number of carbonyl (C=O) groups is 1. The van der Waals surface area contributed by atoms with Crippen molar-refractivity contribution in [3.05, 3.63) is 35.6 Å². The third-order valence-electron chi connectivity index (χ3n) is 4.34. The monoisotopic (exact) mass is 306 g/mol. The van der Waals surface area contributed by atoms with Crippen molar-refractivity contribution < 1.29 is 9.18 Å². The van der Waals surface area contributed by atoms with Gasteiger partial charge in [-0.3, -0.25) is 9.69 Å². The highest BCUT2D eigenvalue weighted by Gasteiger charge is 2.26. The molecule has 4 heteroatoms. The van der Waals surface area contributed by atoms with Crippen molar-refractivity contribution in [2.45, 2.75) is 52.1 Å². The van der Waals surface area contributed by atoms with E-state index >= 15 is 0 Å². The van der Waals surface area contributed by atoms with E-state index in [1.54, 1.807) is 6.07 Å². The summed E-state index contributed by atoms with van der Waals surface area (Å²) in [6.45, 7) is 6.42. The highest BCUT2D eigenvalue weighted by atomic mass is 19.1. The number of benzene rings is 1. The van der Waals surface area contributed by atoms with Gasteiger partial charge in [-0.15, -0.1) is 0 Å². The van der Waals surface area contributed by atoms with E-state index in [0.717, 1.165) is 38.8 Å². The highest BCUT2D eigenvalue weighted by Crippen LogP contribution is 2.20. The summed E-state index contributed by atoms with van der Waals surface area (Å²) in [6.07, 6.45) is 4.01. The number of hydrogen-bond donors (Lipinski definition) is 1. The van der Waals surface area contributed by atoms with Crippen LogP contribution < -0.4 is 5.32 Å². The summed E-state index contributed by atoms with van der Waals surface area (Å²) in [5.41, 5.74) is 0.711. The molecule has 1 aliphatic rings. The number of amides is 1. The van der Waals surface area contributed by atoms with Gasteiger partial charge in [-0.25, -0.2) is 4.39 Å². The van der Waals surface area contributed by atoms with Gasteiger partial charge in [0.15, 0.2) is 0 Å². The summed E-state index contributed by atoms with van der Waals surface area (Å²) >= 11 is 0. The lowest BCUT2D eigenvalue weighted by molar-refractivity contribution is -0.127. The summed E-state index contributed by atoms with van der Waals surface area (Å²) < 4.78 is 13.8. The first-order valence-electron chi connectivity index (χ1n) is 8.36. The topological polar surface area (TPSA) is 32.3 Å². The molecule has 1 amide bonds. The Balaban J connectivity index is 1.89. The molecule has 0 spiro atoms. The smallest absolute Gasteiger partial charge is 0.224 e. The molecule has 1 aromatic carbocycles. The van der Waals surface area contributed by atoms with Crippen LogP contribution in [0.2, 0.25) is 0 Å². The molecule has 0 aliphatic carbocycles. The third kappa shape index (κ3) is 4.80. The van der Waals surface area contributed by atoms with Crippen LogP contribution in [0.5, 0.6) is 0 Å². The van der Waals surface area contributed by atoms with Gasteiger partial charge < -0.3 is 5.32 Å². The van der Waals surface area contributed by atoms with Gasteiger partial charge in [0.05, 0.1) is 5.92 Å². The van der Waals surface area contributed by atoms with Crippen molar-refractivity contribution in [3.63, 3.8) is 0 Å². The van der Waals surface area contributed by atoms with Gasteiger partial charge in [-0.05, 0) is 38.8 Å². The number of halogens is 1. The Kier molecular flexibility index (Phi) is 6.37. The first-order chi connectivity index (χ1) is 10.6. The Labute approximate surface area is 132 Å². The minimum absolute atomic E-state index is 0.0276. The zero-order valence-corrected chi connectivity index (χ0v) is 13.6. The van der Waals surface area contributed by atoms with Crippen LogP contribution in [0.15, 0.2) is 24.3 Å². The number of nitrogens with zero attached hydrogens (tertiary/aromatic N) is 1. The molecular formula is C18H27FN2O. The Morgan fingerprint density at radius 2 is 2.23 bits per heavy atom. The van der Waals surface area contributed by atoms with E-state index in [-0.39, 0.29) is 23.7 Å². The maximum absolute atomic E-state index is 13.8. The van der Waals surface area contributed by atoms with E-state index < -0.39 is 0 Å². The minimum Gasteiger partial charge on any atom is -0.353 e. The average Bonchev–Trinajstić information content (AvgIpc) is 2.50. The van der Waals surface area contributed by atoms with Gasteiger partial charge in [0.1, 0.15) is 5.82 Å². The maximum atomic E-state index is 13.8. The largest absolute Gasteiger partial charge is 0.353 e. The molecule has 3 nitrogen and oxygen atoms in total. The number of likely N-dealkylation sites (tertiary alicyclic amines) is 1. The van der Waals surface area contributed by atoms with Gasteiger partial charge in [-0.2, -0.15) is 0 Å². The quantitative estimate of drug-likeness (QED) is 0.874. The predicted octanol–water partition coefficient (Wildman–Crippen LogP) is 3.34. The fraction of sp³-hybridized carbons (Fsp3) is 0.611. The van der Waals surface area contributed by atoms with Gasteiger partial charge >= 0.3 is 0 Å². The standard InChI is InChI=1S/C18H27FN2O/c1-3-7-14(2)20-18(22)16-9-6-11-21(13-16)12-15-8-4-5-10-17(15)19/h4-5,8,10,14,16H,3,6-7,9,11-13H2,1-2H3,(H,20,22). The van der Waals surface area contributed by atoms with Crippen LogP contribution >= 0.6 is 0 Å². The van der Waals surface area contributed by atoms with Gasteiger partial charge in [-0.1, -0.05) is 31.5 Å². The Morgan fingerprint density at radius 1 is 1.45 bits per heavy atom. The van der Waals surface area contributed by atoms with Crippen LogP contribution in [0.4, 0.5) is 4.39 Å². The zero-order valence-electron chi connectivity index (χ0n) is 13.6. The van der Waals surface area contributed by atoms with Crippen molar-refractivity contribution in [2.24, 2.45) is 5.92 Å². The van der Waals surface area contributed by atoms with Crippen LogP contribution in [0.1, 0.15) is 45.1 Å². The molecule has 1 saturated heterocycles. The molecule has 1 N–H and O–H groups in total. The lowest BCUT2D eigenvalue weighted by Gasteiger charge is -2.32. The lowest BCUT2D eigenvalue weighted by atomic mass is 9.96. The molecule has 2 unspecified atom stereocenters. The normalized spacial score (nSPS) is 20.6. The van der Waals surface area contributed by atoms with Gasteiger partial charge in [0, 0.05) is 24.7 Å². The number of rotatable bonds is 6. The first kappa shape index (κ1) is 16.9. The second-order valence-corrected chi connectivity index (χ2v) is 6.36. The summed E-state index contributed by atoms with van der Waals surface area (Å²) in [4.78, 5) is 14.5. The minimum atomic E-state index is -0.161. The number of carbonyl (C=O) groups excluding carboxylic acids is 1. The second-order valence-electron chi connectivity index (χ2n) is 6.36. The number of nitrogens with one attached hydrogen (secondary N) is 1. The molecular weight excluding hydrogens is 279 g/mol. The molecule has 122 valence electrons. The molecule has 22 heavy (non-hydrogen) atoms. The fourth-order valence-electron chi connectivity index (χ4n) is 3.15. The summed E-state index contributed by atoms with van der Waals surface area (Å²) in [5, 5.41) is 3.11. The zero-order chi connectivity index (χ0) is 15.9. The first-order valence-corrected chi connectivity index (χ1v) is 8.36. The molecule has 0 radical (unpaired) electrons. The third-order valence-corrected chi connectivity index (χ3v) is 4.34. The van der Waals surface area contributed by atoms with Gasteiger partial charge in [0.25, 0.3) is 0 Å². The molecule has 2 rings (SSSR count). The molecule has 0 bridgehead atoms. The predicted molar refractivity (Wildman–Crippen MR) is 86.9 cm³/mol. The molecule has 0 aromatic heterocycles. The van der Waals surface area contributed by atoms with Crippen molar-refractivity contribution in [2.75, 3.05) is 13.1 Å². The van der Waals surface area contributed by atoms with Crippen LogP contribution in [0.3, 0.4) is 0 Å². The van der Waals surface area contributed by atoms with Crippen LogP contribution in [0.25, 0.3) is 0 Å². The summed E-state index contributed by atoms with van der Waals surface area (Å²) in [5.74, 6) is 0.0182. The van der Waals surface area contributed by atoms with Crippen LogP contribution in [0, 0.1) is 11.7 Å². The van der Waals surface area contributed by atoms with Gasteiger partial charge in [0.2, 0.25) is 5.91 Å². The van der Waals surface area contributed by atoms with E-state index in [2.05, 4.69) is 24.1 Å². The fourth-order valence-corrected chi connectivity index (χ4v) is 3.15. The van der Waals surface area contributed by atoms with Crippen molar-refractivity contribution in [1.29, 1.82) is 0 Å². The van der Waals surface area contributed by atoms with E-state index in [4.69, 9.17) is 0 Å². The molecule has 0 saturated carbocycles. The molecule has 1 fully saturated rings. The van der Waals surface area contributed by atoms with E-state index in [9.17, 15) is 9.18 Å². The molecule has 1 heterocycles. The van der Waals surface area contributed by atoms with E-state index in [1.165, 1.54) is 6.07 Å². The van der Waals surface area contributed by atoms with Crippen LogP contribution in [-0.4, -0.2) is 29.9 Å². The van der Waals surface area contributed by atoms with E-state index in [1.807, 2.05) is 12.1 Å². The average molecular weight is 306 g/mol. The summed E-state index contributed by atoms with van der Waals surface area (Å²) in [7, 11) is 0. The molecule has 1 aliphatic heterocycles. The van der Waals surface area contributed by atoms with Crippen molar-refractivity contribution >= 4 is 5.91 Å². The SMILES string of the molecule is CCCC(C)NC(=O)C1CCCN(Cc2ccccc2F)C1. The van der Waals surface area contributed by atoms with Crippen LogP contribution in [-0.2, 0) is 11.3 Å². The van der Waals surface area contributed by atoms with Crippen molar-refractivity contribution in [1.82, 2.24) is 10.2 Å². The lowest BCUT2D eigenvalue weighted by Crippen LogP contribution is -2.45. The second kappa shape index (κ2) is 8.28. The molecule has 1 aromatic rings. The highest BCUT2D eigenvalue weighted by molar-refractivity contribution is 5.79. The number of hydrogen-bond acceptors (Lipinski definition) is 2. The Hall–Kier alpha value is -1.42. The Morgan fingerprint density at radius 3 is 2.95 bits per heavy atom. The summed E-state index contributed by atoms with van der Waals surface area (Å²) in [6, 6.07) is 7.12. The van der Waals surface area contributed by atoms with Crippen molar-refractivity contribution in [3.8, 4) is 0 Å².